The summed E-state index contributed by atoms with van der Waals surface area (Å²) in [7, 11) is 3.10. The number of methoxy groups -OCH3 is 1. The van der Waals surface area contributed by atoms with Gasteiger partial charge in [-0.2, -0.15) is 15.2 Å². The summed E-state index contributed by atoms with van der Waals surface area (Å²) < 4.78 is 33.1. The number of ether oxygens (including phenoxy) is 3. The predicted molar refractivity (Wildman–Crippen MR) is 150 cm³/mol. The quantitative estimate of drug-likeness (QED) is 0.245. The number of aliphatic hydroxyl groups excluding tert-OH is 2. The standard InChI is InChI=1S/C27H31FN6O7S/c1-15-22-23(42-26(15)34-29-8-9-30-34)31-27(33(25(22)38)19-6-10-32(2)24(19)37)41-14-21(40-11-7-17(36)13-35)18-12-16(28)4-5-20(18)39-3/h4-5,8-9,12,17,19,21,35-36H,6-7,10-11,13-14H2,1-3H3/t17?,19-,21-/m0/s1. The van der Waals surface area contributed by atoms with Gasteiger partial charge in [0.1, 0.15) is 40.2 Å². The first kappa shape index (κ1) is 29.6. The average molecular weight is 603 g/mol. The molecule has 1 aliphatic heterocycles. The molecule has 15 heteroatoms. The molecule has 3 atom stereocenters. The van der Waals surface area contributed by atoms with Crippen molar-refractivity contribution in [3.63, 3.8) is 0 Å². The van der Waals surface area contributed by atoms with Crippen LogP contribution in [0.2, 0.25) is 0 Å². The molecule has 2 N–H and O–H groups in total. The van der Waals surface area contributed by atoms with E-state index in [0.717, 1.165) is 0 Å². The number of hydrogen-bond acceptors (Lipinski definition) is 11. The Morgan fingerprint density at radius 1 is 1.24 bits per heavy atom. The van der Waals surface area contributed by atoms with Gasteiger partial charge in [0, 0.05) is 24.7 Å². The number of carbonyl (C=O) groups excluding carboxylic acids is 1. The van der Waals surface area contributed by atoms with Crippen LogP contribution >= 0.6 is 11.3 Å². The number of amides is 1. The SMILES string of the molecule is COc1ccc(F)cc1[C@H](COc1nc2sc(-n3nccn3)c(C)c2c(=O)n1[C@H]1CCN(C)C1=O)OCCC(O)CO. The molecule has 42 heavy (non-hydrogen) atoms. The van der Waals surface area contributed by atoms with Gasteiger partial charge in [0.25, 0.3) is 5.56 Å². The molecular weight excluding hydrogens is 571 g/mol. The van der Waals surface area contributed by atoms with Crippen molar-refractivity contribution in [2.45, 2.75) is 38.0 Å². The van der Waals surface area contributed by atoms with Gasteiger partial charge in [-0.05, 0) is 38.0 Å². The summed E-state index contributed by atoms with van der Waals surface area (Å²) in [6.07, 6.45) is 1.63. The second-order valence-corrected chi connectivity index (χ2v) is 10.8. The molecule has 0 bridgehead atoms. The van der Waals surface area contributed by atoms with Crippen molar-refractivity contribution in [3.05, 3.63) is 57.9 Å². The highest BCUT2D eigenvalue weighted by molar-refractivity contribution is 7.21. The minimum Gasteiger partial charge on any atom is -0.496 e. The van der Waals surface area contributed by atoms with Gasteiger partial charge in [-0.3, -0.25) is 9.59 Å². The summed E-state index contributed by atoms with van der Waals surface area (Å²) in [6.45, 7) is 1.56. The summed E-state index contributed by atoms with van der Waals surface area (Å²) in [4.78, 5) is 35.1. The van der Waals surface area contributed by atoms with E-state index < -0.39 is 36.2 Å². The summed E-state index contributed by atoms with van der Waals surface area (Å²) in [5.74, 6) is -0.437. The molecule has 0 spiro atoms. The third-order valence-corrected chi connectivity index (χ3v) is 8.29. The third kappa shape index (κ3) is 5.72. The summed E-state index contributed by atoms with van der Waals surface area (Å²) in [6, 6.07) is 3.02. The van der Waals surface area contributed by atoms with E-state index in [0.29, 0.717) is 45.1 Å². The predicted octanol–water partition coefficient (Wildman–Crippen LogP) is 1.78. The highest BCUT2D eigenvalue weighted by atomic mass is 32.1. The first-order valence-corrected chi connectivity index (χ1v) is 14.1. The lowest BCUT2D eigenvalue weighted by molar-refractivity contribution is -0.129. The van der Waals surface area contributed by atoms with Crippen LogP contribution < -0.4 is 15.0 Å². The van der Waals surface area contributed by atoms with Gasteiger partial charge in [-0.25, -0.2) is 8.96 Å². The van der Waals surface area contributed by atoms with Crippen molar-refractivity contribution in [2.24, 2.45) is 0 Å². The van der Waals surface area contributed by atoms with Crippen LogP contribution in [0.15, 0.2) is 35.4 Å². The van der Waals surface area contributed by atoms with Gasteiger partial charge >= 0.3 is 6.01 Å². The number of carbonyl (C=O) groups is 1. The lowest BCUT2D eigenvalue weighted by atomic mass is 10.1. The minimum absolute atomic E-state index is 0.00491. The van der Waals surface area contributed by atoms with Crippen LogP contribution in [0, 0.1) is 12.7 Å². The molecule has 224 valence electrons. The van der Waals surface area contributed by atoms with Crippen molar-refractivity contribution in [1.82, 2.24) is 29.4 Å². The van der Waals surface area contributed by atoms with Gasteiger partial charge in [0.15, 0.2) is 0 Å². The fourth-order valence-electron chi connectivity index (χ4n) is 4.87. The van der Waals surface area contributed by atoms with E-state index in [9.17, 15) is 24.2 Å². The minimum atomic E-state index is -0.999. The molecule has 1 amide bonds. The Bertz CT molecular complexity index is 1630. The average Bonchev–Trinajstić information content (AvgIpc) is 3.71. The number of aryl methyl sites for hydroxylation is 1. The number of halogens is 1. The second kappa shape index (κ2) is 12.5. The van der Waals surface area contributed by atoms with Crippen LogP contribution in [0.5, 0.6) is 11.8 Å². The Kier molecular flexibility index (Phi) is 8.82. The smallest absolute Gasteiger partial charge is 0.301 e. The topological polar surface area (TPSA) is 154 Å². The van der Waals surface area contributed by atoms with Crippen molar-refractivity contribution in [3.8, 4) is 16.8 Å². The monoisotopic (exact) mass is 602 g/mol. The summed E-state index contributed by atoms with van der Waals surface area (Å²) >= 11 is 1.21. The van der Waals surface area contributed by atoms with E-state index in [-0.39, 0.29) is 31.6 Å². The largest absolute Gasteiger partial charge is 0.496 e. The van der Waals surface area contributed by atoms with Crippen LogP contribution in [0.3, 0.4) is 0 Å². The molecule has 1 fully saturated rings. The normalized spacial score (nSPS) is 16.8. The molecule has 3 aromatic heterocycles. The lowest BCUT2D eigenvalue weighted by Gasteiger charge is -2.23. The number of nitrogens with zero attached hydrogens (tertiary/aromatic N) is 6. The van der Waals surface area contributed by atoms with Crippen molar-refractivity contribution in [2.75, 3.05) is 40.5 Å². The number of fused-ring (bicyclic) bond motifs is 1. The van der Waals surface area contributed by atoms with E-state index >= 15 is 0 Å². The maximum absolute atomic E-state index is 14.3. The molecule has 1 aromatic carbocycles. The number of likely N-dealkylation sites (N-methyl/N-ethyl adjacent to an activating group) is 1. The Morgan fingerprint density at radius 3 is 2.67 bits per heavy atom. The van der Waals surface area contributed by atoms with Crippen LogP contribution in [-0.2, 0) is 9.53 Å². The zero-order valence-corrected chi connectivity index (χ0v) is 24.1. The van der Waals surface area contributed by atoms with Gasteiger partial charge in [-0.15, -0.1) is 4.80 Å². The molecule has 13 nitrogen and oxygen atoms in total. The Balaban J connectivity index is 1.56. The van der Waals surface area contributed by atoms with Crippen molar-refractivity contribution < 1.29 is 33.6 Å². The van der Waals surface area contributed by atoms with E-state index in [4.69, 9.17) is 14.2 Å². The Labute approximate surface area is 243 Å². The molecule has 1 unspecified atom stereocenters. The van der Waals surface area contributed by atoms with E-state index in [2.05, 4.69) is 15.2 Å². The fraction of sp³-hybridized carbons (Fsp3) is 0.444. The van der Waals surface area contributed by atoms with Gasteiger partial charge < -0.3 is 29.3 Å². The zero-order chi connectivity index (χ0) is 30.0. The number of rotatable bonds is 12. The molecule has 0 radical (unpaired) electrons. The number of thiophene rings is 1. The molecule has 1 saturated heterocycles. The highest BCUT2D eigenvalue weighted by Crippen LogP contribution is 2.34. The number of aromatic nitrogens is 5. The molecule has 5 rings (SSSR count). The maximum atomic E-state index is 14.3. The zero-order valence-electron chi connectivity index (χ0n) is 23.3. The first-order chi connectivity index (χ1) is 20.2. The molecule has 0 aliphatic carbocycles. The molecule has 4 heterocycles. The number of aliphatic hydroxyl groups is 2. The Hall–Kier alpha value is -3.92. The van der Waals surface area contributed by atoms with E-state index in [1.807, 2.05) is 0 Å². The molecule has 0 saturated carbocycles. The maximum Gasteiger partial charge on any atom is 0.301 e. The summed E-state index contributed by atoms with van der Waals surface area (Å²) in [5, 5.41) is 28.2. The van der Waals surface area contributed by atoms with Crippen LogP contribution in [0.1, 0.15) is 36.1 Å². The van der Waals surface area contributed by atoms with Crippen molar-refractivity contribution >= 4 is 27.5 Å². The van der Waals surface area contributed by atoms with Gasteiger partial charge in [0.2, 0.25) is 5.91 Å². The van der Waals surface area contributed by atoms with Crippen molar-refractivity contribution in [1.29, 1.82) is 0 Å². The molecule has 4 aromatic rings. The number of likely N-dealkylation sites (tertiary alicyclic amines) is 1. The highest BCUT2D eigenvalue weighted by Gasteiger charge is 2.35. The second-order valence-electron chi connectivity index (χ2n) is 9.85. The van der Waals surface area contributed by atoms with Crippen LogP contribution in [0.25, 0.3) is 15.2 Å². The Morgan fingerprint density at radius 2 is 2.00 bits per heavy atom. The number of hydrogen-bond donors (Lipinski definition) is 2. The summed E-state index contributed by atoms with van der Waals surface area (Å²) in [5.41, 5.74) is 0.514. The number of benzene rings is 1. The van der Waals surface area contributed by atoms with Gasteiger partial charge in [0.05, 0.1) is 44.2 Å². The third-order valence-electron chi connectivity index (χ3n) is 7.13. The van der Waals surface area contributed by atoms with E-state index in [1.54, 1.807) is 18.9 Å². The van der Waals surface area contributed by atoms with E-state index in [1.165, 1.54) is 58.4 Å². The molecular formula is C27H31FN6O7S. The first-order valence-electron chi connectivity index (χ1n) is 13.3. The van der Waals surface area contributed by atoms with Gasteiger partial charge in [-0.1, -0.05) is 11.3 Å². The van der Waals surface area contributed by atoms with Crippen LogP contribution in [-0.4, -0.2) is 92.2 Å². The lowest BCUT2D eigenvalue weighted by Crippen LogP contribution is -2.33. The fourth-order valence-corrected chi connectivity index (χ4v) is 5.95. The molecule has 1 aliphatic rings. The van der Waals surface area contributed by atoms with Crippen LogP contribution in [0.4, 0.5) is 4.39 Å².